The van der Waals surface area contributed by atoms with Gasteiger partial charge >= 0.3 is 6.18 Å². The van der Waals surface area contributed by atoms with E-state index in [0.717, 1.165) is 11.1 Å². The van der Waals surface area contributed by atoms with Crippen molar-refractivity contribution in [3.63, 3.8) is 0 Å². The van der Waals surface area contributed by atoms with Crippen molar-refractivity contribution < 1.29 is 18.0 Å². The number of nitrogens with zero attached hydrogens (tertiary/aromatic N) is 2. The lowest BCUT2D eigenvalue weighted by atomic mass is 10.2. The maximum Gasteiger partial charge on any atom is 0.434 e. The summed E-state index contributed by atoms with van der Waals surface area (Å²) in [6.45, 7) is 1.66. The number of benzene rings is 1. The topological polar surface area (TPSA) is 46.9 Å². The summed E-state index contributed by atoms with van der Waals surface area (Å²) in [7, 11) is 0. The molecule has 1 N–H and O–H groups in total. The molecule has 10 heteroatoms. The number of alkyl halides is 3. The second-order valence-electron chi connectivity index (χ2n) is 5.63. The first-order valence-corrected chi connectivity index (χ1v) is 9.21. The third-order valence-corrected chi connectivity index (χ3v) is 5.35. The van der Waals surface area contributed by atoms with Crippen LogP contribution < -0.4 is 5.32 Å². The molecule has 0 spiro atoms. The fourth-order valence-corrected chi connectivity index (χ4v) is 3.75. The molecule has 3 rings (SSSR count). The highest BCUT2D eigenvalue weighted by atomic mass is 35.5. The van der Waals surface area contributed by atoms with Gasteiger partial charge in [-0.05, 0) is 37.3 Å². The highest BCUT2D eigenvalue weighted by Gasteiger charge is 2.40. The summed E-state index contributed by atoms with van der Waals surface area (Å²) in [6.07, 6.45) is -3.89. The highest BCUT2D eigenvalue weighted by molar-refractivity contribution is 7.16. The Balaban J connectivity index is 1.97. The first kappa shape index (κ1) is 19.7. The molecule has 4 nitrogen and oxygen atoms in total. The molecular weight excluding hydrogens is 422 g/mol. The summed E-state index contributed by atoms with van der Waals surface area (Å²) in [4.78, 5) is 13.2. The fourth-order valence-electron chi connectivity index (χ4n) is 2.50. The standard InChI is InChI=1S/C17H12Cl2F3N3OS/c1-9(13-5-6-14(19)27-13)24-16(26)12-8-23-25(15(12)17(20,21)22)11-4-2-3-10(18)7-11/h2-9H,1H3,(H,24,26). The van der Waals surface area contributed by atoms with Crippen LogP contribution in [0.4, 0.5) is 13.2 Å². The molecule has 0 saturated carbocycles. The Hall–Kier alpha value is -2.03. The second kappa shape index (κ2) is 7.53. The van der Waals surface area contributed by atoms with E-state index in [1.54, 1.807) is 19.1 Å². The molecule has 0 aliphatic heterocycles. The van der Waals surface area contributed by atoms with Crippen LogP contribution in [-0.2, 0) is 6.18 Å². The molecule has 27 heavy (non-hydrogen) atoms. The van der Waals surface area contributed by atoms with Crippen molar-refractivity contribution in [2.24, 2.45) is 0 Å². The van der Waals surface area contributed by atoms with Crippen LogP contribution in [0.2, 0.25) is 9.36 Å². The van der Waals surface area contributed by atoms with E-state index < -0.39 is 29.4 Å². The molecule has 0 saturated heterocycles. The van der Waals surface area contributed by atoms with Crippen molar-refractivity contribution in [3.8, 4) is 5.69 Å². The number of carbonyl (C=O) groups is 1. The quantitative estimate of drug-likeness (QED) is 0.569. The Bertz CT molecular complexity index is 984. The molecule has 2 heterocycles. The molecule has 2 aromatic heterocycles. The van der Waals surface area contributed by atoms with E-state index in [4.69, 9.17) is 23.2 Å². The SMILES string of the molecule is CC(NC(=O)c1cnn(-c2cccc(Cl)c2)c1C(F)(F)F)c1ccc(Cl)s1. The van der Waals surface area contributed by atoms with Gasteiger partial charge in [0.2, 0.25) is 0 Å². The van der Waals surface area contributed by atoms with Crippen molar-refractivity contribution in [2.45, 2.75) is 19.1 Å². The largest absolute Gasteiger partial charge is 0.434 e. The van der Waals surface area contributed by atoms with Gasteiger partial charge in [0.25, 0.3) is 5.91 Å². The van der Waals surface area contributed by atoms with Gasteiger partial charge in [-0.1, -0.05) is 29.3 Å². The van der Waals surface area contributed by atoms with Crippen molar-refractivity contribution in [1.29, 1.82) is 0 Å². The summed E-state index contributed by atoms with van der Waals surface area (Å²) in [5, 5.41) is 6.56. The third-order valence-electron chi connectivity index (χ3n) is 3.70. The highest BCUT2D eigenvalue weighted by Crippen LogP contribution is 2.34. The van der Waals surface area contributed by atoms with Gasteiger partial charge in [-0.2, -0.15) is 18.3 Å². The minimum absolute atomic E-state index is 0.104. The number of thiophene rings is 1. The molecule has 142 valence electrons. The van der Waals surface area contributed by atoms with Crippen molar-refractivity contribution in [3.05, 3.63) is 68.1 Å². The second-order valence-corrected chi connectivity index (χ2v) is 7.82. The molecule has 1 unspecified atom stereocenters. The molecule has 0 fully saturated rings. The number of nitrogens with one attached hydrogen (secondary N) is 1. The minimum Gasteiger partial charge on any atom is -0.345 e. The maximum absolute atomic E-state index is 13.7. The predicted molar refractivity (Wildman–Crippen MR) is 98.8 cm³/mol. The Morgan fingerprint density at radius 2 is 2.00 bits per heavy atom. The Morgan fingerprint density at radius 1 is 1.26 bits per heavy atom. The predicted octanol–water partition coefficient (Wildman–Crippen LogP) is 5.75. The van der Waals surface area contributed by atoms with Gasteiger partial charge in [-0.3, -0.25) is 4.79 Å². The monoisotopic (exact) mass is 433 g/mol. The average molecular weight is 434 g/mol. The Kier molecular flexibility index (Phi) is 5.50. The lowest BCUT2D eigenvalue weighted by Gasteiger charge is -2.15. The summed E-state index contributed by atoms with van der Waals surface area (Å²) in [6, 6.07) is 8.64. The van der Waals surface area contributed by atoms with Gasteiger partial charge in [0.05, 0.1) is 27.8 Å². The number of halogens is 5. The van der Waals surface area contributed by atoms with E-state index in [-0.39, 0.29) is 10.7 Å². The van der Waals surface area contributed by atoms with Gasteiger partial charge < -0.3 is 5.32 Å². The number of carbonyl (C=O) groups excluding carboxylic acids is 1. The average Bonchev–Trinajstić information content (AvgIpc) is 3.20. The molecule has 0 aliphatic carbocycles. The van der Waals surface area contributed by atoms with Crippen LogP contribution in [0.15, 0.2) is 42.6 Å². The van der Waals surface area contributed by atoms with E-state index in [1.807, 2.05) is 0 Å². The van der Waals surface area contributed by atoms with Gasteiger partial charge in [-0.25, -0.2) is 4.68 Å². The van der Waals surface area contributed by atoms with Gasteiger partial charge in [0.1, 0.15) is 0 Å². The van der Waals surface area contributed by atoms with Crippen LogP contribution in [-0.4, -0.2) is 15.7 Å². The van der Waals surface area contributed by atoms with Gasteiger partial charge in [-0.15, -0.1) is 11.3 Å². The molecule has 0 bridgehead atoms. The first-order chi connectivity index (χ1) is 12.7. The lowest BCUT2D eigenvalue weighted by Crippen LogP contribution is -2.28. The van der Waals surface area contributed by atoms with Gasteiger partial charge in [0, 0.05) is 9.90 Å². The number of amides is 1. The molecular formula is C17H12Cl2F3N3OS. The zero-order chi connectivity index (χ0) is 19.8. The van der Waals surface area contributed by atoms with Crippen LogP contribution >= 0.6 is 34.5 Å². The zero-order valence-corrected chi connectivity index (χ0v) is 16.0. The van der Waals surface area contributed by atoms with Crippen LogP contribution in [0.5, 0.6) is 0 Å². The summed E-state index contributed by atoms with van der Waals surface area (Å²) in [5.74, 6) is -0.882. The van der Waals surface area contributed by atoms with Crippen molar-refractivity contribution >= 4 is 40.4 Å². The van der Waals surface area contributed by atoms with Crippen LogP contribution in [0, 0.1) is 0 Å². The molecule has 0 radical (unpaired) electrons. The smallest absolute Gasteiger partial charge is 0.345 e. The number of hydrogen-bond donors (Lipinski definition) is 1. The van der Waals surface area contributed by atoms with E-state index in [2.05, 4.69) is 10.4 Å². The van der Waals surface area contributed by atoms with Crippen LogP contribution in [0.1, 0.15) is 33.9 Å². The van der Waals surface area contributed by atoms with Crippen LogP contribution in [0.25, 0.3) is 5.69 Å². The van der Waals surface area contributed by atoms with E-state index in [0.29, 0.717) is 9.02 Å². The third kappa shape index (κ3) is 4.28. The maximum atomic E-state index is 13.7. The number of rotatable bonds is 4. The van der Waals surface area contributed by atoms with Crippen LogP contribution in [0.3, 0.4) is 0 Å². The molecule has 1 atom stereocenters. The number of hydrogen-bond acceptors (Lipinski definition) is 3. The van der Waals surface area contributed by atoms with Crippen molar-refractivity contribution in [1.82, 2.24) is 15.1 Å². The minimum atomic E-state index is -4.79. The number of aromatic nitrogens is 2. The molecule has 0 aliphatic rings. The van der Waals surface area contributed by atoms with Gasteiger partial charge in [0.15, 0.2) is 5.69 Å². The molecule has 3 aromatic rings. The fraction of sp³-hybridized carbons (Fsp3) is 0.176. The van der Waals surface area contributed by atoms with E-state index in [9.17, 15) is 18.0 Å². The summed E-state index contributed by atoms with van der Waals surface area (Å²) in [5.41, 5.74) is -1.64. The lowest BCUT2D eigenvalue weighted by molar-refractivity contribution is -0.143. The Labute approximate surface area is 166 Å². The summed E-state index contributed by atoms with van der Waals surface area (Å²) >= 11 is 13.0. The molecule has 1 aromatic carbocycles. The summed E-state index contributed by atoms with van der Waals surface area (Å²) < 4.78 is 42.2. The first-order valence-electron chi connectivity index (χ1n) is 7.64. The van der Waals surface area contributed by atoms with Crippen molar-refractivity contribution in [2.75, 3.05) is 0 Å². The van der Waals surface area contributed by atoms with E-state index in [1.165, 1.54) is 35.6 Å². The normalized spacial score (nSPS) is 12.8. The Morgan fingerprint density at radius 3 is 2.59 bits per heavy atom. The van der Waals surface area contributed by atoms with E-state index >= 15 is 0 Å². The zero-order valence-electron chi connectivity index (χ0n) is 13.7. The molecule has 1 amide bonds.